The van der Waals surface area contributed by atoms with E-state index in [0.717, 1.165) is 38.8 Å². The molecule has 5 nitrogen and oxygen atoms in total. The van der Waals surface area contributed by atoms with Crippen LogP contribution in [0.5, 0.6) is 0 Å². The van der Waals surface area contributed by atoms with E-state index in [-0.39, 0.29) is 0 Å². The molecule has 23 heavy (non-hydrogen) atoms. The van der Waals surface area contributed by atoms with Crippen molar-refractivity contribution in [3.63, 3.8) is 0 Å². The van der Waals surface area contributed by atoms with Gasteiger partial charge in [0.1, 0.15) is 0 Å². The Hall–Kier alpha value is -2.73. The van der Waals surface area contributed by atoms with Crippen LogP contribution in [0.1, 0.15) is 12.7 Å². The number of aryl methyl sites for hydroxylation is 1. The fourth-order valence-electron chi connectivity index (χ4n) is 2.59. The van der Waals surface area contributed by atoms with Crippen LogP contribution < -0.4 is 5.43 Å². The van der Waals surface area contributed by atoms with Crippen molar-refractivity contribution in [2.75, 3.05) is 5.43 Å². The summed E-state index contributed by atoms with van der Waals surface area (Å²) >= 11 is 1.58. The second-order valence-electron chi connectivity index (χ2n) is 5.06. The van der Waals surface area contributed by atoms with Crippen molar-refractivity contribution in [1.29, 1.82) is 0 Å². The van der Waals surface area contributed by atoms with Crippen LogP contribution >= 0.6 is 11.3 Å². The average Bonchev–Trinajstić information content (AvgIpc) is 3.14. The van der Waals surface area contributed by atoms with Crippen LogP contribution in [-0.4, -0.2) is 20.7 Å². The zero-order valence-electron chi connectivity index (χ0n) is 12.6. The van der Waals surface area contributed by atoms with E-state index in [9.17, 15) is 0 Å². The molecule has 114 valence electrons. The lowest BCUT2D eigenvalue weighted by atomic mass is 10.3. The van der Waals surface area contributed by atoms with Gasteiger partial charge in [0.15, 0.2) is 5.82 Å². The molecule has 6 heteroatoms. The molecule has 0 unspecified atom stereocenters. The summed E-state index contributed by atoms with van der Waals surface area (Å²) in [6.45, 7) is 2.95. The summed E-state index contributed by atoms with van der Waals surface area (Å²) in [6, 6.07) is 16.2. The Morgan fingerprint density at radius 2 is 1.87 bits per heavy atom. The van der Waals surface area contributed by atoms with Crippen molar-refractivity contribution in [2.24, 2.45) is 5.10 Å². The number of hydrazone groups is 1. The molecule has 0 fully saturated rings. The standard InChI is InChI=1S/C17H15N5S/c1-2-22-14-9-5-3-7-12(14)19-16(22)11-18-21-17-20-13-8-4-6-10-15(13)23-17/h3-11H,2H2,1H3,(H,20,21)/b18-11-. The van der Waals surface area contributed by atoms with E-state index in [1.165, 1.54) is 0 Å². The molecule has 0 amide bonds. The van der Waals surface area contributed by atoms with E-state index < -0.39 is 0 Å². The van der Waals surface area contributed by atoms with Crippen LogP contribution in [-0.2, 0) is 6.54 Å². The highest BCUT2D eigenvalue weighted by molar-refractivity contribution is 7.22. The minimum absolute atomic E-state index is 0.779. The molecule has 0 aliphatic heterocycles. The number of para-hydroxylation sites is 3. The highest BCUT2D eigenvalue weighted by atomic mass is 32.1. The van der Waals surface area contributed by atoms with Gasteiger partial charge in [-0.1, -0.05) is 35.6 Å². The third kappa shape index (κ3) is 2.57. The number of hydrogen-bond donors (Lipinski definition) is 1. The second-order valence-corrected chi connectivity index (χ2v) is 6.09. The van der Waals surface area contributed by atoms with Gasteiger partial charge in [0.25, 0.3) is 0 Å². The van der Waals surface area contributed by atoms with Crippen molar-refractivity contribution < 1.29 is 0 Å². The molecule has 0 bridgehead atoms. The van der Waals surface area contributed by atoms with Gasteiger partial charge in [-0.05, 0) is 31.2 Å². The Kier molecular flexibility index (Phi) is 3.51. The molecular weight excluding hydrogens is 306 g/mol. The van der Waals surface area contributed by atoms with E-state index in [4.69, 9.17) is 0 Å². The summed E-state index contributed by atoms with van der Waals surface area (Å²) in [7, 11) is 0. The van der Waals surface area contributed by atoms with E-state index in [1.54, 1.807) is 17.6 Å². The topological polar surface area (TPSA) is 55.1 Å². The number of anilines is 1. The minimum atomic E-state index is 0.779. The molecule has 4 aromatic rings. The molecule has 0 aliphatic carbocycles. The van der Waals surface area contributed by atoms with Crippen LogP contribution in [0.4, 0.5) is 5.13 Å². The quantitative estimate of drug-likeness (QED) is 0.454. The highest BCUT2D eigenvalue weighted by Crippen LogP contribution is 2.25. The van der Waals surface area contributed by atoms with Gasteiger partial charge in [0.05, 0.1) is 27.5 Å². The van der Waals surface area contributed by atoms with Gasteiger partial charge in [-0.25, -0.2) is 9.97 Å². The maximum Gasteiger partial charge on any atom is 0.204 e. The summed E-state index contributed by atoms with van der Waals surface area (Å²) in [5, 5.41) is 5.08. The Morgan fingerprint density at radius 3 is 2.70 bits per heavy atom. The molecular formula is C17H15N5S. The Morgan fingerprint density at radius 1 is 1.09 bits per heavy atom. The number of imidazole rings is 1. The largest absolute Gasteiger partial charge is 0.323 e. The third-order valence-electron chi connectivity index (χ3n) is 3.63. The number of aromatic nitrogens is 3. The number of thiazole rings is 1. The van der Waals surface area contributed by atoms with Crippen molar-refractivity contribution in [3.05, 3.63) is 54.4 Å². The molecule has 0 spiro atoms. The first-order valence-corrected chi connectivity index (χ1v) is 8.26. The van der Waals surface area contributed by atoms with Crippen molar-refractivity contribution in [1.82, 2.24) is 14.5 Å². The number of hydrogen-bond acceptors (Lipinski definition) is 5. The fourth-order valence-corrected chi connectivity index (χ4v) is 3.41. The first-order chi connectivity index (χ1) is 11.3. The highest BCUT2D eigenvalue weighted by Gasteiger charge is 2.07. The molecule has 1 N–H and O–H groups in total. The fraction of sp³-hybridized carbons (Fsp3) is 0.118. The van der Waals surface area contributed by atoms with E-state index >= 15 is 0 Å². The van der Waals surface area contributed by atoms with Crippen LogP contribution in [0.2, 0.25) is 0 Å². The van der Waals surface area contributed by atoms with Gasteiger partial charge in [-0.3, -0.25) is 5.43 Å². The molecule has 4 rings (SSSR count). The van der Waals surface area contributed by atoms with Gasteiger partial charge in [0, 0.05) is 6.54 Å². The maximum absolute atomic E-state index is 4.61. The van der Waals surface area contributed by atoms with Crippen LogP contribution in [0.3, 0.4) is 0 Å². The van der Waals surface area contributed by atoms with Gasteiger partial charge in [-0.2, -0.15) is 5.10 Å². The molecule has 0 radical (unpaired) electrons. The molecule has 2 aromatic carbocycles. The Balaban J connectivity index is 1.61. The van der Waals surface area contributed by atoms with E-state index in [2.05, 4.69) is 44.1 Å². The second kappa shape index (κ2) is 5.81. The average molecular weight is 321 g/mol. The Bertz CT molecular complexity index is 965. The van der Waals surface area contributed by atoms with Crippen LogP contribution in [0, 0.1) is 0 Å². The lowest BCUT2D eigenvalue weighted by molar-refractivity contribution is 0.780. The van der Waals surface area contributed by atoms with Crippen molar-refractivity contribution >= 4 is 43.9 Å². The van der Waals surface area contributed by atoms with E-state index in [1.807, 2.05) is 36.4 Å². The zero-order chi connectivity index (χ0) is 15.6. The maximum atomic E-state index is 4.61. The van der Waals surface area contributed by atoms with Gasteiger partial charge < -0.3 is 4.57 Å². The summed E-state index contributed by atoms with van der Waals surface area (Å²) in [4.78, 5) is 9.11. The van der Waals surface area contributed by atoms with Gasteiger partial charge in [0.2, 0.25) is 5.13 Å². The normalized spacial score (nSPS) is 11.7. The zero-order valence-corrected chi connectivity index (χ0v) is 13.4. The first-order valence-electron chi connectivity index (χ1n) is 7.45. The number of nitrogens with one attached hydrogen (secondary N) is 1. The van der Waals surface area contributed by atoms with Crippen molar-refractivity contribution in [2.45, 2.75) is 13.5 Å². The monoisotopic (exact) mass is 321 g/mol. The van der Waals surface area contributed by atoms with Crippen molar-refractivity contribution in [3.8, 4) is 0 Å². The molecule has 2 heterocycles. The third-order valence-corrected chi connectivity index (χ3v) is 4.58. The molecule has 0 atom stereocenters. The van der Waals surface area contributed by atoms with E-state index in [0.29, 0.717) is 0 Å². The molecule has 0 saturated carbocycles. The molecule has 0 aliphatic rings. The van der Waals surface area contributed by atoms with Gasteiger partial charge in [-0.15, -0.1) is 0 Å². The van der Waals surface area contributed by atoms with Gasteiger partial charge >= 0.3 is 0 Å². The summed E-state index contributed by atoms with van der Waals surface area (Å²) in [5.74, 6) is 0.835. The summed E-state index contributed by atoms with van der Waals surface area (Å²) in [5.41, 5.74) is 6.09. The lowest BCUT2D eigenvalue weighted by Crippen LogP contribution is -2.01. The summed E-state index contributed by atoms with van der Waals surface area (Å²) in [6.07, 6.45) is 1.75. The number of benzene rings is 2. The minimum Gasteiger partial charge on any atom is -0.323 e. The van der Waals surface area contributed by atoms with Crippen LogP contribution in [0.15, 0.2) is 53.6 Å². The first kappa shape index (κ1) is 13.9. The molecule has 0 saturated heterocycles. The lowest BCUT2D eigenvalue weighted by Gasteiger charge is -2.01. The number of rotatable bonds is 4. The Labute approximate surface area is 137 Å². The van der Waals surface area contributed by atoms with Crippen LogP contribution in [0.25, 0.3) is 21.3 Å². The predicted octanol–water partition coefficient (Wildman–Crippen LogP) is 4.11. The molecule has 2 aromatic heterocycles. The predicted molar refractivity (Wildman–Crippen MR) is 96.2 cm³/mol. The number of nitrogens with zero attached hydrogens (tertiary/aromatic N) is 4. The SMILES string of the molecule is CCn1c(/C=N\Nc2nc3ccccc3s2)nc2ccccc21. The smallest absolute Gasteiger partial charge is 0.204 e. The summed E-state index contributed by atoms with van der Waals surface area (Å²) < 4.78 is 3.28. The number of fused-ring (bicyclic) bond motifs is 2.